The molecule has 5 heterocycles. The van der Waals surface area contributed by atoms with E-state index in [2.05, 4.69) is 31.0 Å². The van der Waals surface area contributed by atoms with Gasteiger partial charge >= 0.3 is 6.01 Å². The third kappa shape index (κ3) is 5.76. The summed E-state index contributed by atoms with van der Waals surface area (Å²) in [6, 6.07) is 6.27. The van der Waals surface area contributed by atoms with E-state index in [1.54, 1.807) is 12.5 Å². The highest BCUT2D eigenvalue weighted by molar-refractivity contribution is 7.84. The van der Waals surface area contributed by atoms with Crippen LogP contribution in [0.2, 0.25) is 0 Å². The first-order chi connectivity index (χ1) is 23.2. The van der Waals surface area contributed by atoms with E-state index in [1.165, 1.54) is 24.3 Å². The van der Waals surface area contributed by atoms with Gasteiger partial charge < -0.3 is 25.0 Å². The second kappa shape index (κ2) is 12.2. The zero-order chi connectivity index (χ0) is 33.2. The number of phenolic OH excluding ortho intramolecular Hbond substituents is 1. The van der Waals surface area contributed by atoms with Gasteiger partial charge in [-0.15, -0.1) is 6.42 Å². The number of fused-ring (bicyclic) bond motifs is 4. The number of piperazine rings is 1. The molecular weight excluding hydrogens is 634 g/mol. The Bertz CT molecular complexity index is 1980. The second-order valence-electron chi connectivity index (χ2n) is 14.0. The monoisotopic (exact) mass is 672 g/mol. The minimum atomic E-state index is -0.796. The fraction of sp³-hybridized carbons (Fsp3) is 0.472. The highest BCUT2D eigenvalue weighted by atomic mass is 32.2. The number of hydrogen-bond acceptors (Lipinski definition) is 9. The average molecular weight is 673 g/mol. The molecule has 4 aromatic rings. The number of piperidine rings is 1. The van der Waals surface area contributed by atoms with Crippen molar-refractivity contribution in [2.24, 2.45) is 5.41 Å². The minimum absolute atomic E-state index is 0.0248. The zero-order valence-electron chi connectivity index (χ0n) is 26.8. The molecule has 48 heavy (non-hydrogen) atoms. The Balaban J connectivity index is 1.17. The van der Waals surface area contributed by atoms with E-state index in [-0.39, 0.29) is 50.1 Å². The van der Waals surface area contributed by atoms with Crippen LogP contribution < -0.4 is 15.0 Å². The Labute approximate surface area is 280 Å². The quantitative estimate of drug-likeness (QED) is 0.257. The molecule has 0 radical (unpaired) electrons. The summed E-state index contributed by atoms with van der Waals surface area (Å²) in [6.45, 7) is 4.57. The van der Waals surface area contributed by atoms with Crippen molar-refractivity contribution in [2.45, 2.75) is 55.9 Å². The molecule has 4 fully saturated rings. The topological polar surface area (TPSA) is 104 Å². The van der Waals surface area contributed by atoms with Gasteiger partial charge in [0, 0.05) is 76.6 Å². The van der Waals surface area contributed by atoms with Gasteiger partial charge in [-0.05, 0) is 75.2 Å². The number of ether oxygens (including phenoxy) is 1. The lowest BCUT2D eigenvalue weighted by molar-refractivity contribution is 0.140. The molecule has 2 bridgehead atoms. The van der Waals surface area contributed by atoms with E-state index in [9.17, 15) is 13.7 Å². The Kier molecular flexibility index (Phi) is 7.97. The summed E-state index contributed by atoms with van der Waals surface area (Å²) in [5.74, 6) is 1.49. The van der Waals surface area contributed by atoms with Crippen molar-refractivity contribution in [1.82, 2.24) is 25.2 Å². The maximum absolute atomic E-state index is 16.8. The van der Waals surface area contributed by atoms with E-state index in [4.69, 9.17) is 16.1 Å². The third-order valence-electron chi connectivity index (χ3n) is 10.6. The fourth-order valence-electron chi connectivity index (χ4n) is 7.85. The summed E-state index contributed by atoms with van der Waals surface area (Å²) in [4.78, 5) is 18.6. The lowest BCUT2D eigenvalue weighted by Gasteiger charge is -2.34. The highest BCUT2D eigenvalue weighted by Gasteiger charge is 2.45. The summed E-state index contributed by atoms with van der Waals surface area (Å²) in [5.41, 5.74) is 0.0574. The van der Waals surface area contributed by atoms with Crippen LogP contribution in [0.5, 0.6) is 11.8 Å². The lowest BCUT2D eigenvalue weighted by Crippen LogP contribution is -2.51. The molecular formula is C36H38F2N6O3S. The summed E-state index contributed by atoms with van der Waals surface area (Å²) in [5, 5.41) is 15.7. The van der Waals surface area contributed by atoms with Crippen molar-refractivity contribution in [2.75, 3.05) is 50.5 Å². The summed E-state index contributed by atoms with van der Waals surface area (Å²) in [7, 11) is -0.796. The molecule has 3 saturated heterocycles. The lowest BCUT2D eigenvalue weighted by atomic mass is 9.96. The first-order valence-corrected chi connectivity index (χ1v) is 18.3. The van der Waals surface area contributed by atoms with Gasteiger partial charge in [0.05, 0.1) is 17.6 Å². The number of phenols is 1. The predicted molar refractivity (Wildman–Crippen MR) is 183 cm³/mol. The van der Waals surface area contributed by atoms with E-state index in [1.807, 2.05) is 0 Å². The minimum Gasteiger partial charge on any atom is -0.508 e. The molecule has 9 nitrogen and oxygen atoms in total. The number of likely N-dealkylation sites (tertiary alicyclic amines) is 1. The van der Waals surface area contributed by atoms with Gasteiger partial charge in [-0.25, -0.2) is 8.78 Å². The maximum atomic E-state index is 16.8. The van der Waals surface area contributed by atoms with Gasteiger partial charge in [-0.3, -0.25) is 9.19 Å². The number of aromatic nitrogens is 3. The van der Waals surface area contributed by atoms with Crippen LogP contribution in [0.15, 0.2) is 30.5 Å². The molecule has 2 N–H and O–H groups in total. The van der Waals surface area contributed by atoms with Crippen molar-refractivity contribution < 1.29 is 22.8 Å². The van der Waals surface area contributed by atoms with Gasteiger partial charge in [0.25, 0.3) is 0 Å². The van der Waals surface area contributed by atoms with Crippen molar-refractivity contribution in [3.05, 3.63) is 47.7 Å². The number of pyridine rings is 1. The van der Waals surface area contributed by atoms with Crippen molar-refractivity contribution in [3.63, 3.8) is 0 Å². The van der Waals surface area contributed by atoms with Crippen LogP contribution in [-0.2, 0) is 10.8 Å². The Morgan fingerprint density at radius 3 is 2.56 bits per heavy atom. The van der Waals surface area contributed by atoms with Crippen LogP contribution in [-0.4, -0.2) is 92.1 Å². The molecule has 3 atom stereocenters. The van der Waals surface area contributed by atoms with Crippen molar-refractivity contribution in [3.8, 4) is 35.4 Å². The number of halogens is 2. The van der Waals surface area contributed by atoms with Crippen LogP contribution in [0.25, 0.3) is 32.9 Å². The molecule has 1 saturated carbocycles. The maximum Gasteiger partial charge on any atom is 0.319 e. The number of nitrogens with zero attached hydrogens (tertiary/aromatic N) is 5. The van der Waals surface area contributed by atoms with Crippen molar-refractivity contribution in [1.29, 1.82) is 0 Å². The molecule has 0 amide bonds. The molecule has 0 spiro atoms. The first kappa shape index (κ1) is 31.4. The zero-order valence-corrected chi connectivity index (χ0v) is 27.7. The smallest absolute Gasteiger partial charge is 0.319 e. The van der Waals surface area contributed by atoms with E-state index >= 15 is 4.39 Å². The number of rotatable bonds is 8. The molecule has 3 unspecified atom stereocenters. The summed E-state index contributed by atoms with van der Waals surface area (Å²) < 4.78 is 50.0. The van der Waals surface area contributed by atoms with Crippen LogP contribution in [0.1, 0.15) is 44.1 Å². The van der Waals surface area contributed by atoms with Gasteiger partial charge in [0.1, 0.15) is 28.6 Å². The van der Waals surface area contributed by atoms with Crippen LogP contribution in [0.3, 0.4) is 0 Å². The number of anilines is 1. The standard InChI is InChI=1S/C36H38F2N6O3S/c1-3-26-29(37)7-4-21-14-24(45)15-27(30(21)26)32-31(38)33-28(16-39-32)34(44-17-22-5-6-23(18-44)40-22)42-35(41-33)47-20-36(10-11-36)19-43-12-8-25(9-13-43)48(2)46/h1,4,7,14-16,22-23,25,40,45H,5-6,8-13,17-20H2,2H3. The third-order valence-corrected chi connectivity index (χ3v) is 12.0. The van der Waals surface area contributed by atoms with Gasteiger partial charge in [0.2, 0.25) is 0 Å². The number of benzene rings is 2. The summed E-state index contributed by atoms with van der Waals surface area (Å²) >= 11 is 0. The second-order valence-corrected chi connectivity index (χ2v) is 15.6. The predicted octanol–water partition coefficient (Wildman–Crippen LogP) is 4.75. The Hall–Kier alpha value is -3.92. The molecule has 2 aromatic carbocycles. The van der Waals surface area contributed by atoms with Gasteiger partial charge in [-0.1, -0.05) is 12.0 Å². The molecule has 1 aliphatic carbocycles. The van der Waals surface area contributed by atoms with Gasteiger partial charge in [0.15, 0.2) is 5.82 Å². The van der Waals surface area contributed by atoms with Gasteiger partial charge in [-0.2, -0.15) is 9.97 Å². The largest absolute Gasteiger partial charge is 0.508 e. The first-order valence-electron chi connectivity index (χ1n) is 16.7. The number of hydrogen-bond donors (Lipinski definition) is 2. The average Bonchev–Trinajstić information content (AvgIpc) is 3.77. The van der Waals surface area contributed by atoms with E-state index < -0.39 is 22.4 Å². The number of terminal acetylenes is 1. The molecule has 2 aromatic heterocycles. The normalized spacial score (nSPS) is 23.0. The van der Waals surface area contributed by atoms with Crippen molar-refractivity contribution >= 4 is 38.3 Å². The fourth-order valence-corrected chi connectivity index (χ4v) is 8.73. The molecule has 12 heteroatoms. The Morgan fingerprint density at radius 2 is 1.88 bits per heavy atom. The van der Waals surface area contributed by atoms with E-state index in [0.717, 1.165) is 71.2 Å². The Morgan fingerprint density at radius 1 is 1.12 bits per heavy atom. The summed E-state index contributed by atoms with van der Waals surface area (Å²) in [6.07, 6.45) is 15.1. The number of aromatic hydroxyl groups is 1. The highest BCUT2D eigenvalue weighted by Crippen LogP contribution is 2.47. The van der Waals surface area contributed by atoms with Crippen LogP contribution >= 0.6 is 0 Å². The molecule has 8 rings (SSSR count). The molecule has 4 aliphatic rings. The molecule has 250 valence electrons. The molecule has 3 aliphatic heterocycles. The number of nitrogens with one attached hydrogen (secondary N) is 1. The van der Waals surface area contributed by atoms with Crippen LogP contribution in [0, 0.1) is 29.4 Å². The van der Waals surface area contributed by atoms with E-state index in [0.29, 0.717) is 35.3 Å². The van der Waals surface area contributed by atoms with Crippen LogP contribution in [0.4, 0.5) is 14.6 Å². The SMILES string of the molecule is C#Cc1c(F)ccc2cc(O)cc(-c3ncc4c(N5CC6CCC(C5)N6)nc(OCC5(CN6CCC(S(C)=O)CC6)CC5)nc4c3F)c12.